The van der Waals surface area contributed by atoms with Crippen molar-refractivity contribution in [2.45, 2.75) is 26.2 Å². The number of hydrogen-bond acceptors (Lipinski definition) is 5. The summed E-state index contributed by atoms with van der Waals surface area (Å²) in [7, 11) is 0. The van der Waals surface area contributed by atoms with Gasteiger partial charge in [-0.3, -0.25) is 4.79 Å². The smallest absolute Gasteiger partial charge is 0.236 e. The summed E-state index contributed by atoms with van der Waals surface area (Å²) in [6.07, 6.45) is 1.43. The number of nitrogens with zero attached hydrogens (tertiary/aromatic N) is 2. The van der Waals surface area contributed by atoms with E-state index in [-0.39, 0.29) is 22.1 Å². The van der Waals surface area contributed by atoms with Gasteiger partial charge < -0.3 is 10.4 Å². The highest BCUT2D eigenvalue weighted by Crippen LogP contribution is 2.33. The summed E-state index contributed by atoms with van der Waals surface area (Å²) in [6, 6.07) is 3.57. The highest BCUT2D eigenvalue weighted by molar-refractivity contribution is 8.15. The predicted molar refractivity (Wildman–Crippen MR) is 87.4 cm³/mol. The number of rotatable bonds is 2. The van der Waals surface area contributed by atoms with E-state index in [1.54, 1.807) is 6.07 Å². The molecule has 21 heavy (non-hydrogen) atoms. The van der Waals surface area contributed by atoms with E-state index in [0.29, 0.717) is 16.5 Å². The molecule has 1 aromatic rings. The van der Waals surface area contributed by atoms with Crippen LogP contribution in [0.4, 0.5) is 0 Å². The minimum Gasteiger partial charge on any atom is -0.506 e. The lowest BCUT2D eigenvalue weighted by Gasteiger charge is -2.20. The van der Waals surface area contributed by atoms with Crippen LogP contribution in [0.25, 0.3) is 0 Å². The Hall–Kier alpha value is -1.53. The second-order valence-corrected chi connectivity index (χ2v) is 7.00. The van der Waals surface area contributed by atoms with E-state index < -0.39 is 0 Å². The van der Waals surface area contributed by atoms with E-state index in [0.717, 1.165) is 5.56 Å². The highest BCUT2D eigenvalue weighted by Gasteiger charge is 2.18. The molecule has 1 aliphatic heterocycles. The van der Waals surface area contributed by atoms with Gasteiger partial charge in [0.1, 0.15) is 5.75 Å². The fourth-order valence-electron chi connectivity index (χ4n) is 1.67. The van der Waals surface area contributed by atoms with Gasteiger partial charge >= 0.3 is 0 Å². The van der Waals surface area contributed by atoms with Gasteiger partial charge in [0.15, 0.2) is 5.17 Å². The summed E-state index contributed by atoms with van der Waals surface area (Å²) >= 11 is 7.33. The van der Waals surface area contributed by atoms with Crippen molar-refractivity contribution in [3.63, 3.8) is 0 Å². The molecule has 2 N–H and O–H groups in total. The van der Waals surface area contributed by atoms with E-state index in [1.807, 2.05) is 6.07 Å². The molecule has 112 valence electrons. The van der Waals surface area contributed by atoms with Gasteiger partial charge in [-0.05, 0) is 23.1 Å². The molecule has 2 rings (SSSR count). The molecule has 5 nitrogen and oxygen atoms in total. The molecule has 0 aliphatic carbocycles. The fourth-order valence-corrected chi connectivity index (χ4v) is 2.53. The Balaban J connectivity index is 2.27. The molecule has 1 aliphatic rings. The molecule has 0 saturated carbocycles. The summed E-state index contributed by atoms with van der Waals surface area (Å²) in [5.74, 6) is 0.233. The van der Waals surface area contributed by atoms with E-state index >= 15 is 0 Å². The first-order valence-corrected chi connectivity index (χ1v) is 7.70. The third kappa shape index (κ3) is 3.98. The van der Waals surface area contributed by atoms with Crippen LogP contribution in [0.15, 0.2) is 22.3 Å². The second kappa shape index (κ2) is 6.07. The van der Waals surface area contributed by atoms with Crippen molar-refractivity contribution in [3.8, 4) is 5.75 Å². The first-order chi connectivity index (χ1) is 9.77. The fraction of sp³-hybridized carbons (Fsp3) is 0.357. The topological polar surface area (TPSA) is 74.1 Å². The molecule has 0 atom stereocenters. The molecule has 0 spiro atoms. The average Bonchev–Trinajstić information content (AvgIpc) is 2.79. The Kier molecular flexibility index (Phi) is 4.58. The lowest BCUT2D eigenvalue weighted by atomic mass is 9.86. The molecule has 1 saturated heterocycles. The minimum atomic E-state index is -0.0961. The van der Waals surface area contributed by atoms with Gasteiger partial charge in [0, 0.05) is 5.56 Å². The van der Waals surface area contributed by atoms with Crippen molar-refractivity contribution in [1.29, 1.82) is 0 Å². The number of carbonyl (C=O) groups is 1. The summed E-state index contributed by atoms with van der Waals surface area (Å²) in [5, 5.41) is 21.1. The minimum absolute atomic E-state index is 0.0308. The second-order valence-electron chi connectivity index (χ2n) is 5.63. The van der Waals surface area contributed by atoms with Crippen LogP contribution < -0.4 is 5.32 Å². The van der Waals surface area contributed by atoms with Crippen LogP contribution in [0, 0.1) is 0 Å². The SMILES string of the molecule is CC(C)(C)c1cc(Cl)c(O)c(C=NN=C2NC(=O)CS2)c1. The summed E-state index contributed by atoms with van der Waals surface area (Å²) in [4.78, 5) is 11.0. The van der Waals surface area contributed by atoms with E-state index in [4.69, 9.17) is 11.6 Å². The van der Waals surface area contributed by atoms with E-state index in [1.165, 1.54) is 18.0 Å². The largest absolute Gasteiger partial charge is 0.506 e. The Morgan fingerprint density at radius 3 is 2.71 bits per heavy atom. The van der Waals surface area contributed by atoms with Gasteiger partial charge in [0.2, 0.25) is 5.91 Å². The van der Waals surface area contributed by atoms with Gasteiger partial charge in [-0.1, -0.05) is 44.1 Å². The number of nitrogens with one attached hydrogen (secondary N) is 1. The summed E-state index contributed by atoms with van der Waals surface area (Å²) in [6.45, 7) is 6.17. The summed E-state index contributed by atoms with van der Waals surface area (Å²) in [5.41, 5.74) is 1.38. The van der Waals surface area contributed by atoms with Crippen molar-refractivity contribution >= 4 is 40.7 Å². The van der Waals surface area contributed by atoms with Crippen molar-refractivity contribution in [2.75, 3.05) is 5.75 Å². The zero-order valence-electron chi connectivity index (χ0n) is 12.0. The van der Waals surface area contributed by atoms with Crippen molar-refractivity contribution in [1.82, 2.24) is 5.32 Å². The first kappa shape index (κ1) is 15.9. The van der Waals surface area contributed by atoms with Crippen LogP contribution in [-0.4, -0.2) is 28.1 Å². The monoisotopic (exact) mass is 325 g/mol. The molecular weight excluding hydrogens is 310 g/mol. The number of benzene rings is 1. The average molecular weight is 326 g/mol. The molecule has 1 amide bonds. The molecule has 1 fully saturated rings. The maximum Gasteiger partial charge on any atom is 0.236 e. The Morgan fingerprint density at radius 2 is 2.14 bits per heavy atom. The summed E-state index contributed by atoms with van der Waals surface area (Å²) < 4.78 is 0. The lowest BCUT2D eigenvalue weighted by Crippen LogP contribution is -2.19. The molecule has 0 radical (unpaired) electrons. The van der Waals surface area contributed by atoms with Crippen LogP contribution >= 0.6 is 23.4 Å². The number of carbonyl (C=O) groups excluding carboxylic acids is 1. The number of aromatic hydroxyl groups is 1. The Morgan fingerprint density at radius 1 is 1.43 bits per heavy atom. The molecule has 0 bridgehead atoms. The van der Waals surface area contributed by atoms with Crippen molar-refractivity contribution in [2.24, 2.45) is 10.2 Å². The lowest BCUT2D eigenvalue weighted by molar-refractivity contribution is -0.116. The number of phenols is 1. The Labute approximate surface area is 132 Å². The molecule has 0 unspecified atom stereocenters. The first-order valence-electron chi connectivity index (χ1n) is 6.34. The van der Waals surface area contributed by atoms with Gasteiger partial charge in [0.25, 0.3) is 0 Å². The van der Waals surface area contributed by atoms with Crippen LogP contribution in [0.3, 0.4) is 0 Å². The third-order valence-corrected chi connectivity index (χ3v) is 4.04. The number of hydrogen-bond donors (Lipinski definition) is 2. The van der Waals surface area contributed by atoms with Gasteiger partial charge in [-0.2, -0.15) is 5.10 Å². The molecule has 0 aromatic heterocycles. The zero-order chi connectivity index (χ0) is 15.6. The van der Waals surface area contributed by atoms with E-state index in [9.17, 15) is 9.90 Å². The van der Waals surface area contributed by atoms with Gasteiger partial charge in [0.05, 0.1) is 17.0 Å². The third-order valence-electron chi connectivity index (χ3n) is 2.89. The number of amidine groups is 1. The van der Waals surface area contributed by atoms with Gasteiger partial charge in [-0.25, -0.2) is 0 Å². The number of thioether (sulfide) groups is 1. The predicted octanol–water partition coefficient (Wildman–Crippen LogP) is 2.90. The normalized spacial score (nSPS) is 17.7. The van der Waals surface area contributed by atoms with Crippen LogP contribution in [0.1, 0.15) is 31.9 Å². The molecular formula is C14H16ClN3O2S. The molecule has 1 aromatic carbocycles. The van der Waals surface area contributed by atoms with Crippen molar-refractivity contribution < 1.29 is 9.90 Å². The zero-order valence-corrected chi connectivity index (χ0v) is 13.5. The molecule has 1 heterocycles. The maximum atomic E-state index is 11.0. The number of amides is 1. The Bertz CT molecular complexity index is 636. The number of halogens is 1. The van der Waals surface area contributed by atoms with Crippen LogP contribution in [0.5, 0.6) is 5.75 Å². The van der Waals surface area contributed by atoms with Gasteiger partial charge in [-0.15, -0.1) is 5.10 Å². The number of phenolic OH excluding ortho intramolecular Hbond substituents is 1. The van der Waals surface area contributed by atoms with Crippen LogP contribution in [-0.2, 0) is 10.2 Å². The highest BCUT2D eigenvalue weighted by atomic mass is 35.5. The van der Waals surface area contributed by atoms with Crippen molar-refractivity contribution in [3.05, 3.63) is 28.3 Å². The maximum absolute atomic E-state index is 11.0. The molecule has 7 heteroatoms. The quantitative estimate of drug-likeness (QED) is 0.648. The standard InChI is InChI=1S/C14H16ClN3O2S/c1-14(2,3)9-4-8(12(20)10(15)5-9)6-16-18-13-17-11(19)7-21-13/h4-6,20H,7H2,1-3H3,(H,17,18,19). The van der Waals surface area contributed by atoms with Crippen LogP contribution in [0.2, 0.25) is 5.02 Å². The van der Waals surface area contributed by atoms with E-state index in [2.05, 4.69) is 36.3 Å².